The summed E-state index contributed by atoms with van der Waals surface area (Å²) < 4.78 is 22.1. The molecule has 2 aromatic carbocycles. The second kappa shape index (κ2) is 21.4. The number of rotatable bonds is 15. The van der Waals surface area contributed by atoms with Crippen LogP contribution < -0.4 is 10.6 Å². The Kier molecular flexibility index (Phi) is 14.8. The van der Waals surface area contributed by atoms with Gasteiger partial charge in [-0.15, -0.1) is 0 Å². The number of methoxy groups -OCH3 is 2. The number of hydrogen-bond acceptors (Lipinski definition) is 10. The van der Waals surface area contributed by atoms with Crippen molar-refractivity contribution in [3.05, 3.63) is 72.6 Å². The molecule has 72 heavy (non-hydrogen) atoms. The number of aromatic amines is 2. The number of imidazole rings is 2. The van der Waals surface area contributed by atoms with Crippen molar-refractivity contribution in [2.24, 2.45) is 35.5 Å². The van der Waals surface area contributed by atoms with Gasteiger partial charge in [0, 0.05) is 13.1 Å². The summed E-state index contributed by atoms with van der Waals surface area (Å²) >= 11 is 0. The summed E-state index contributed by atoms with van der Waals surface area (Å²) in [6.45, 7) is 9.37. The Bertz CT molecular complexity index is 2340. The van der Waals surface area contributed by atoms with Crippen molar-refractivity contribution >= 4 is 24.0 Å². The SMILES string of the molecule is COC(=O)NC(C(=O)N1CC(CC2CC2)CC1c1ncc(-c2ccc(-c3ccc(-c4cnc(C5CC(CC6CC6)CN5C(=O)C(NC(=O)OC)C5CC(C)OC(C)C5)[nH]4)cc3)cc2)[nH]1)C1CC(C)OC(C)C1. The highest BCUT2D eigenvalue weighted by atomic mass is 16.5. The third-order valence-electron chi connectivity index (χ3n) is 16.5. The van der Waals surface area contributed by atoms with Gasteiger partial charge in [0.2, 0.25) is 11.8 Å². The van der Waals surface area contributed by atoms with Gasteiger partial charge in [-0.25, -0.2) is 19.6 Å². The largest absolute Gasteiger partial charge is 0.453 e. The van der Waals surface area contributed by atoms with Crippen LogP contribution in [0.4, 0.5) is 9.59 Å². The summed E-state index contributed by atoms with van der Waals surface area (Å²) in [5.41, 5.74) is 5.86. The van der Waals surface area contributed by atoms with Crippen molar-refractivity contribution in [1.29, 1.82) is 0 Å². The van der Waals surface area contributed by atoms with Crippen LogP contribution in [0.3, 0.4) is 0 Å². The molecule has 4 N–H and O–H groups in total. The number of aromatic nitrogens is 4. The number of carbonyl (C=O) groups excluding carboxylic acids is 4. The van der Waals surface area contributed by atoms with Gasteiger partial charge >= 0.3 is 12.2 Å². The maximum Gasteiger partial charge on any atom is 0.407 e. The normalized spacial score (nSPS) is 29.4. The zero-order valence-corrected chi connectivity index (χ0v) is 42.8. The standard InChI is InChI=1S/C56H74N8O8/c1-31-19-43(20-32(2)71-31)49(61-55(67)69-5)53(65)63-29-37(23-35-7-8-35)25-47(63)51-57-27-45(59-51)41-15-11-39(12-16-41)40-13-17-42(18-14-40)46-28-58-52(60-46)48-26-38(24-36-9-10-36)30-64(48)54(66)50(62-56(68)70-6)44-21-33(3)72-34(4)22-44/h11-18,27-28,31-38,43-44,47-50H,7-10,19-26,29-30H2,1-6H3,(H,57,59)(H,58,60)(H,61,67)(H,62,68). The minimum absolute atomic E-state index is 0.0190. The molecule has 6 aliphatic rings. The van der Waals surface area contributed by atoms with Gasteiger partial charge in [0.25, 0.3) is 0 Å². The molecule has 10 unspecified atom stereocenters. The predicted molar refractivity (Wildman–Crippen MR) is 271 cm³/mol. The van der Waals surface area contributed by atoms with E-state index in [1.54, 1.807) is 0 Å². The summed E-state index contributed by atoms with van der Waals surface area (Å²) in [6.07, 6.45) is 14.0. The molecule has 2 aliphatic carbocycles. The topological polar surface area (TPSA) is 193 Å². The number of likely N-dealkylation sites (tertiary alicyclic amines) is 2. The molecule has 386 valence electrons. The Morgan fingerprint density at radius 3 is 1.24 bits per heavy atom. The van der Waals surface area contributed by atoms with Crippen LogP contribution in [-0.2, 0) is 28.5 Å². The first-order valence-corrected chi connectivity index (χ1v) is 26.7. The third-order valence-corrected chi connectivity index (χ3v) is 16.5. The van der Waals surface area contributed by atoms with Crippen LogP contribution in [0.1, 0.15) is 128 Å². The molecular weight excluding hydrogens is 913 g/mol. The maximum atomic E-state index is 14.7. The van der Waals surface area contributed by atoms with E-state index in [4.69, 9.17) is 28.9 Å². The fourth-order valence-electron chi connectivity index (χ4n) is 12.8. The number of nitrogens with one attached hydrogen (secondary N) is 4. The molecule has 6 fully saturated rings. The van der Waals surface area contributed by atoms with Crippen LogP contribution in [-0.4, -0.2) is 118 Å². The van der Waals surface area contributed by atoms with Crippen LogP contribution in [0.5, 0.6) is 0 Å². The first-order chi connectivity index (χ1) is 34.8. The summed E-state index contributed by atoms with van der Waals surface area (Å²) in [5, 5.41) is 5.86. The number of ether oxygens (including phenoxy) is 4. The number of hydrogen-bond donors (Lipinski definition) is 4. The molecule has 4 aliphatic heterocycles. The van der Waals surface area contributed by atoms with Crippen molar-refractivity contribution < 1.29 is 38.1 Å². The van der Waals surface area contributed by atoms with Gasteiger partial charge in [-0.2, -0.15) is 0 Å². The van der Waals surface area contributed by atoms with Crippen molar-refractivity contribution in [2.45, 2.75) is 153 Å². The highest BCUT2D eigenvalue weighted by Crippen LogP contribution is 2.46. The van der Waals surface area contributed by atoms with E-state index in [9.17, 15) is 19.2 Å². The van der Waals surface area contributed by atoms with Crippen LogP contribution in [0.15, 0.2) is 60.9 Å². The van der Waals surface area contributed by atoms with Crippen LogP contribution >= 0.6 is 0 Å². The predicted octanol–water partition coefficient (Wildman–Crippen LogP) is 9.37. The van der Waals surface area contributed by atoms with Crippen LogP contribution in [0.25, 0.3) is 33.6 Å². The van der Waals surface area contributed by atoms with Crippen LogP contribution in [0, 0.1) is 35.5 Å². The van der Waals surface area contributed by atoms with E-state index >= 15 is 0 Å². The number of benzene rings is 2. The van der Waals surface area contributed by atoms with Gasteiger partial charge in [-0.05, 0) is 137 Å². The zero-order chi connectivity index (χ0) is 50.2. The molecule has 10 atom stereocenters. The quantitative estimate of drug-likeness (QED) is 0.0892. The summed E-state index contributed by atoms with van der Waals surface area (Å²) in [4.78, 5) is 75.6. The molecule has 4 saturated heterocycles. The van der Waals surface area contributed by atoms with Gasteiger partial charge < -0.3 is 49.3 Å². The minimum Gasteiger partial charge on any atom is -0.453 e. The average molecular weight is 987 g/mol. The maximum absolute atomic E-state index is 14.7. The second-order valence-electron chi connectivity index (χ2n) is 22.3. The lowest BCUT2D eigenvalue weighted by molar-refractivity contribution is -0.139. The number of carbonyl (C=O) groups is 4. The molecule has 2 saturated carbocycles. The van der Waals surface area contributed by atoms with Crippen molar-refractivity contribution in [2.75, 3.05) is 27.3 Å². The Labute approximate surface area is 423 Å². The summed E-state index contributed by atoms with van der Waals surface area (Å²) in [7, 11) is 2.67. The smallest absolute Gasteiger partial charge is 0.407 e. The van der Waals surface area contributed by atoms with E-state index in [1.165, 1.54) is 39.9 Å². The van der Waals surface area contributed by atoms with Gasteiger partial charge in [0.1, 0.15) is 23.7 Å². The van der Waals surface area contributed by atoms with Crippen molar-refractivity contribution in [3.8, 4) is 33.6 Å². The summed E-state index contributed by atoms with van der Waals surface area (Å²) in [6, 6.07) is 14.9. The lowest BCUT2D eigenvalue weighted by atomic mass is 9.85. The molecule has 10 rings (SSSR count). The fourth-order valence-corrected chi connectivity index (χ4v) is 12.8. The molecule has 16 nitrogen and oxygen atoms in total. The Hall–Kier alpha value is -5.74. The second-order valence-corrected chi connectivity index (χ2v) is 22.3. The lowest BCUT2D eigenvalue weighted by Gasteiger charge is -2.38. The fraction of sp³-hybridized carbons (Fsp3) is 0.607. The third kappa shape index (κ3) is 11.4. The van der Waals surface area contributed by atoms with Gasteiger partial charge in [0.05, 0.1) is 74.5 Å². The highest BCUT2D eigenvalue weighted by Gasteiger charge is 2.47. The average Bonchev–Trinajstić information content (AvgIpc) is 4.08. The van der Waals surface area contributed by atoms with Crippen LogP contribution in [0.2, 0.25) is 0 Å². The molecule has 0 bridgehead atoms. The van der Waals surface area contributed by atoms with E-state index in [1.807, 2.05) is 49.9 Å². The van der Waals surface area contributed by atoms with E-state index in [-0.39, 0.29) is 60.1 Å². The lowest BCUT2D eigenvalue weighted by Crippen LogP contribution is -2.54. The van der Waals surface area contributed by atoms with Crippen molar-refractivity contribution in [3.63, 3.8) is 0 Å². The molecule has 4 amide bonds. The molecule has 4 aromatic rings. The molecule has 0 radical (unpaired) electrons. The van der Waals surface area contributed by atoms with E-state index < -0.39 is 24.3 Å². The molecule has 16 heteroatoms. The Balaban J connectivity index is 0.827. The number of amides is 4. The monoisotopic (exact) mass is 987 g/mol. The number of alkyl carbamates (subject to hydrolysis) is 2. The molecule has 2 aromatic heterocycles. The molecule has 6 heterocycles. The van der Waals surface area contributed by atoms with E-state index in [0.29, 0.717) is 50.6 Å². The Morgan fingerprint density at radius 2 is 0.903 bits per heavy atom. The zero-order valence-electron chi connectivity index (χ0n) is 42.8. The minimum atomic E-state index is -0.723. The van der Waals surface area contributed by atoms with Gasteiger partial charge in [0.15, 0.2) is 0 Å². The van der Waals surface area contributed by atoms with E-state index in [0.717, 1.165) is 82.8 Å². The Morgan fingerprint density at radius 1 is 0.556 bits per heavy atom. The number of nitrogens with zero attached hydrogens (tertiary/aromatic N) is 4. The first-order valence-electron chi connectivity index (χ1n) is 26.7. The molecule has 0 spiro atoms. The summed E-state index contributed by atoms with van der Waals surface area (Å²) in [5.74, 6) is 3.34. The molecular formula is C56H74N8O8. The van der Waals surface area contributed by atoms with Gasteiger partial charge in [-0.1, -0.05) is 74.2 Å². The van der Waals surface area contributed by atoms with Gasteiger partial charge in [-0.3, -0.25) is 9.59 Å². The number of H-pyrrole nitrogens is 2. The van der Waals surface area contributed by atoms with Crippen molar-refractivity contribution in [1.82, 2.24) is 40.4 Å². The first kappa shape index (κ1) is 49.8. The highest BCUT2D eigenvalue weighted by molar-refractivity contribution is 5.87. The van der Waals surface area contributed by atoms with E-state index in [2.05, 4.69) is 69.1 Å².